The molecule has 24 heavy (non-hydrogen) atoms. The van der Waals surface area contributed by atoms with Gasteiger partial charge >= 0.3 is 0 Å². The van der Waals surface area contributed by atoms with Gasteiger partial charge in [0.1, 0.15) is 11.6 Å². The third-order valence-electron chi connectivity index (χ3n) is 4.12. The van der Waals surface area contributed by atoms with E-state index in [9.17, 15) is 15.2 Å². The normalized spacial score (nSPS) is 12.3. The predicted molar refractivity (Wildman–Crippen MR) is 92.2 cm³/mol. The monoisotopic (exact) mass is 324 g/mol. The third kappa shape index (κ3) is 3.06. The molecule has 0 radical (unpaired) electrons. The molecule has 2 aromatic rings. The topological polar surface area (TPSA) is 90.7 Å². The fraction of sp³-hybridized carbons (Fsp3) is 0.333. The molecule has 1 heterocycles. The maximum absolute atomic E-state index is 12.7. The Morgan fingerprint density at radius 3 is 2.54 bits per heavy atom. The maximum Gasteiger partial charge on any atom is 0.281 e. The van der Waals surface area contributed by atoms with E-state index in [1.807, 2.05) is 38.1 Å². The van der Waals surface area contributed by atoms with Gasteiger partial charge in [0.15, 0.2) is 5.69 Å². The first-order valence-corrected chi connectivity index (χ1v) is 7.77. The van der Waals surface area contributed by atoms with E-state index in [1.54, 1.807) is 19.9 Å². The SMILES string of the molecule is CCC(C)n1c(O)c(C#N)c(C)c(N=Nc2ccccc2C)c1=O. The average Bonchev–Trinajstić information content (AvgIpc) is 2.56. The second-order valence-electron chi connectivity index (χ2n) is 5.70. The molecule has 6 nitrogen and oxygen atoms in total. The summed E-state index contributed by atoms with van der Waals surface area (Å²) in [6.07, 6.45) is 0.635. The molecule has 0 bridgehead atoms. The van der Waals surface area contributed by atoms with Crippen LogP contribution in [-0.4, -0.2) is 9.67 Å². The van der Waals surface area contributed by atoms with E-state index in [1.165, 1.54) is 4.57 Å². The van der Waals surface area contributed by atoms with Gasteiger partial charge in [0.05, 0.1) is 5.69 Å². The van der Waals surface area contributed by atoms with Crippen LogP contribution in [0.5, 0.6) is 5.88 Å². The van der Waals surface area contributed by atoms with Crippen molar-refractivity contribution in [1.82, 2.24) is 4.57 Å². The van der Waals surface area contributed by atoms with Gasteiger partial charge in [-0.15, -0.1) is 5.11 Å². The van der Waals surface area contributed by atoms with E-state index < -0.39 is 5.56 Å². The molecule has 124 valence electrons. The van der Waals surface area contributed by atoms with Crippen molar-refractivity contribution in [3.63, 3.8) is 0 Å². The number of aryl methyl sites for hydroxylation is 1. The average molecular weight is 324 g/mol. The first-order valence-electron chi connectivity index (χ1n) is 7.77. The maximum atomic E-state index is 12.7. The number of hydrogen-bond acceptors (Lipinski definition) is 5. The Kier molecular flexibility index (Phi) is 5.14. The lowest BCUT2D eigenvalue weighted by Gasteiger charge is -2.17. The number of azo groups is 1. The fourth-order valence-electron chi connectivity index (χ4n) is 2.40. The Labute approximate surface area is 140 Å². The third-order valence-corrected chi connectivity index (χ3v) is 4.12. The van der Waals surface area contributed by atoms with Crippen LogP contribution < -0.4 is 5.56 Å². The van der Waals surface area contributed by atoms with Gasteiger partial charge < -0.3 is 5.11 Å². The molecular formula is C18H20N4O2. The highest BCUT2D eigenvalue weighted by Gasteiger charge is 2.21. The zero-order chi connectivity index (χ0) is 17.9. The van der Waals surface area contributed by atoms with Crippen LogP contribution in [0.15, 0.2) is 39.3 Å². The molecule has 0 aliphatic carbocycles. The Hall–Kier alpha value is -2.94. The Morgan fingerprint density at radius 1 is 1.29 bits per heavy atom. The quantitative estimate of drug-likeness (QED) is 0.843. The van der Waals surface area contributed by atoms with E-state index in [2.05, 4.69) is 10.2 Å². The van der Waals surface area contributed by atoms with Crippen molar-refractivity contribution in [3.8, 4) is 11.9 Å². The van der Waals surface area contributed by atoms with Crippen molar-refractivity contribution in [2.75, 3.05) is 0 Å². The highest BCUT2D eigenvalue weighted by Crippen LogP contribution is 2.29. The van der Waals surface area contributed by atoms with Crippen LogP contribution in [0, 0.1) is 25.2 Å². The van der Waals surface area contributed by atoms with Gasteiger partial charge in [-0.2, -0.15) is 10.4 Å². The summed E-state index contributed by atoms with van der Waals surface area (Å²) < 4.78 is 1.21. The molecule has 0 aliphatic heterocycles. The summed E-state index contributed by atoms with van der Waals surface area (Å²) in [5, 5.41) is 27.8. The van der Waals surface area contributed by atoms with E-state index in [-0.39, 0.29) is 23.2 Å². The van der Waals surface area contributed by atoms with E-state index in [4.69, 9.17) is 0 Å². The zero-order valence-corrected chi connectivity index (χ0v) is 14.2. The number of aromatic hydroxyl groups is 1. The van der Waals surface area contributed by atoms with Crippen LogP contribution in [0.1, 0.15) is 43.0 Å². The molecule has 0 amide bonds. The van der Waals surface area contributed by atoms with Crippen molar-refractivity contribution in [3.05, 3.63) is 51.3 Å². The molecule has 2 rings (SSSR count). The van der Waals surface area contributed by atoms with Crippen LogP contribution in [0.25, 0.3) is 0 Å². The minimum atomic E-state index is -0.448. The minimum Gasteiger partial charge on any atom is -0.493 e. The fourth-order valence-corrected chi connectivity index (χ4v) is 2.40. The van der Waals surface area contributed by atoms with Crippen LogP contribution in [0.3, 0.4) is 0 Å². The number of rotatable bonds is 4. The number of nitriles is 1. The van der Waals surface area contributed by atoms with E-state index >= 15 is 0 Å². The molecule has 0 saturated heterocycles. The number of aromatic nitrogens is 1. The van der Waals surface area contributed by atoms with Crippen LogP contribution in [0.4, 0.5) is 11.4 Å². The second-order valence-corrected chi connectivity index (χ2v) is 5.70. The second kappa shape index (κ2) is 7.09. The standard InChI is InChI=1S/C18H20N4O2/c1-5-12(3)22-17(23)14(10-19)13(4)16(18(22)24)21-20-15-9-7-6-8-11(15)2/h6-9,12,23H,5H2,1-4H3. The Bertz CT molecular complexity index is 891. The highest BCUT2D eigenvalue weighted by molar-refractivity contribution is 5.57. The van der Waals surface area contributed by atoms with Crippen molar-refractivity contribution in [2.45, 2.75) is 40.2 Å². The van der Waals surface area contributed by atoms with Crippen molar-refractivity contribution in [1.29, 1.82) is 5.26 Å². The summed E-state index contributed by atoms with van der Waals surface area (Å²) in [6.45, 7) is 7.19. The van der Waals surface area contributed by atoms with Gasteiger partial charge in [0.25, 0.3) is 5.56 Å². The van der Waals surface area contributed by atoms with Gasteiger partial charge in [0.2, 0.25) is 5.88 Å². The van der Waals surface area contributed by atoms with Crippen LogP contribution in [0.2, 0.25) is 0 Å². The largest absolute Gasteiger partial charge is 0.493 e. The Morgan fingerprint density at radius 2 is 1.96 bits per heavy atom. The molecule has 0 saturated carbocycles. The lowest BCUT2D eigenvalue weighted by molar-refractivity contribution is 0.372. The summed E-state index contributed by atoms with van der Waals surface area (Å²) in [5.74, 6) is -0.316. The first kappa shape index (κ1) is 17.4. The number of benzene rings is 1. The van der Waals surface area contributed by atoms with Gasteiger partial charge in [-0.25, -0.2) is 0 Å². The molecule has 1 N–H and O–H groups in total. The number of nitrogens with zero attached hydrogens (tertiary/aromatic N) is 4. The molecule has 1 unspecified atom stereocenters. The number of pyridine rings is 1. The predicted octanol–water partition coefficient (Wildman–Crippen LogP) is 4.43. The molecule has 0 fully saturated rings. The lowest BCUT2D eigenvalue weighted by atomic mass is 10.1. The molecule has 0 spiro atoms. The van der Waals surface area contributed by atoms with Crippen molar-refractivity contribution >= 4 is 11.4 Å². The van der Waals surface area contributed by atoms with Gasteiger partial charge in [0, 0.05) is 11.6 Å². The molecule has 1 atom stereocenters. The summed E-state index contributed by atoms with van der Waals surface area (Å²) in [6, 6.07) is 9.12. The number of hydrogen-bond donors (Lipinski definition) is 1. The smallest absolute Gasteiger partial charge is 0.281 e. The lowest BCUT2D eigenvalue weighted by Crippen LogP contribution is -2.24. The van der Waals surface area contributed by atoms with E-state index in [0.29, 0.717) is 17.7 Å². The summed E-state index contributed by atoms with van der Waals surface area (Å²) in [5.41, 5.74) is 1.59. The van der Waals surface area contributed by atoms with Crippen LogP contribution in [-0.2, 0) is 0 Å². The van der Waals surface area contributed by atoms with Gasteiger partial charge in [-0.3, -0.25) is 9.36 Å². The van der Waals surface area contributed by atoms with Crippen LogP contribution >= 0.6 is 0 Å². The molecule has 6 heteroatoms. The molecule has 1 aromatic heterocycles. The minimum absolute atomic E-state index is 0.0497. The van der Waals surface area contributed by atoms with Gasteiger partial charge in [-0.05, 0) is 38.8 Å². The Balaban J connectivity index is 2.69. The first-order chi connectivity index (χ1) is 11.4. The molecule has 1 aromatic carbocycles. The highest BCUT2D eigenvalue weighted by atomic mass is 16.3. The summed E-state index contributed by atoms with van der Waals surface area (Å²) >= 11 is 0. The van der Waals surface area contributed by atoms with Crippen molar-refractivity contribution < 1.29 is 5.11 Å². The zero-order valence-electron chi connectivity index (χ0n) is 14.2. The van der Waals surface area contributed by atoms with Crippen molar-refractivity contribution in [2.24, 2.45) is 10.2 Å². The molecular weight excluding hydrogens is 304 g/mol. The van der Waals surface area contributed by atoms with E-state index in [0.717, 1.165) is 5.56 Å². The summed E-state index contributed by atoms with van der Waals surface area (Å²) in [7, 11) is 0. The van der Waals surface area contributed by atoms with Gasteiger partial charge in [-0.1, -0.05) is 25.1 Å². The summed E-state index contributed by atoms with van der Waals surface area (Å²) in [4.78, 5) is 12.7. The molecule has 0 aliphatic rings.